The molecule has 1 aliphatic heterocycles. The molecule has 136 valence electrons. The van der Waals surface area contributed by atoms with Gasteiger partial charge in [0.2, 0.25) is 5.91 Å². The maximum absolute atomic E-state index is 11.9. The van der Waals surface area contributed by atoms with Gasteiger partial charge in [-0.3, -0.25) is 9.59 Å². The predicted molar refractivity (Wildman–Crippen MR) is 103 cm³/mol. The molecule has 2 aromatic rings. The highest BCUT2D eigenvalue weighted by atomic mass is 16.2. The molecule has 1 aliphatic rings. The lowest BCUT2D eigenvalue weighted by molar-refractivity contribution is -0.124. The molecule has 6 nitrogen and oxygen atoms in total. The number of aromatic nitrogens is 1. The maximum Gasteiger partial charge on any atom is 0.298 e. The van der Waals surface area contributed by atoms with E-state index in [1.165, 1.54) is 0 Å². The lowest BCUT2D eigenvalue weighted by Crippen LogP contribution is -2.30. The minimum atomic E-state index is -0.348. The highest BCUT2D eigenvalue weighted by Crippen LogP contribution is 2.32. The fourth-order valence-electron chi connectivity index (χ4n) is 3.57. The van der Waals surface area contributed by atoms with Crippen LogP contribution in [0.2, 0.25) is 0 Å². The third kappa shape index (κ3) is 3.38. The standard InChI is InChI=1S/C20H24N4O2/c1-4-5-18(26)24-9-8-15(11-24)23-16-7-6-14(10-17(21)25)20-19(16)12(2)13(3)22-20/h6-7,15,22-23H,8-11H2,1-3H3,(H2,21,25). The molecule has 1 aromatic heterocycles. The number of aromatic amines is 1. The van der Waals surface area contributed by atoms with Gasteiger partial charge in [0.15, 0.2) is 0 Å². The number of carbonyl (C=O) groups excluding carboxylic acids is 2. The number of H-pyrrole nitrogens is 1. The smallest absolute Gasteiger partial charge is 0.298 e. The average molecular weight is 352 g/mol. The zero-order valence-corrected chi connectivity index (χ0v) is 15.4. The van der Waals surface area contributed by atoms with E-state index in [2.05, 4.69) is 29.1 Å². The van der Waals surface area contributed by atoms with Crippen molar-refractivity contribution in [1.29, 1.82) is 0 Å². The molecule has 3 rings (SSSR count). The van der Waals surface area contributed by atoms with Gasteiger partial charge in [0, 0.05) is 35.9 Å². The fourth-order valence-corrected chi connectivity index (χ4v) is 3.57. The normalized spacial score (nSPS) is 16.4. The van der Waals surface area contributed by atoms with Crippen LogP contribution in [0.3, 0.4) is 0 Å². The van der Waals surface area contributed by atoms with Gasteiger partial charge in [-0.05, 0) is 50.3 Å². The number of likely N-dealkylation sites (tertiary alicyclic amines) is 1. The quantitative estimate of drug-likeness (QED) is 0.734. The number of nitrogens with two attached hydrogens (primary N) is 1. The van der Waals surface area contributed by atoms with Gasteiger partial charge in [-0.25, -0.2) is 0 Å². The van der Waals surface area contributed by atoms with E-state index < -0.39 is 0 Å². The second kappa shape index (κ2) is 7.12. The first-order valence-electron chi connectivity index (χ1n) is 8.78. The lowest BCUT2D eigenvalue weighted by Gasteiger charge is -2.17. The number of fused-ring (bicyclic) bond motifs is 1. The summed E-state index contributed by atoms with van der Waals surface area (Å²) in [7, 11) is 0. The summed E-state index contributed by atoms with van der Waals surface area (Å²) in [6, 6.07) is 4.11. The van der Waals surface area contributed by atoms with Gasteiger partial charge >= 0.3 is 0 Å². The zero-order valence-electron chi connectivity index (χ0n) is 15.4. The summed E-state index contributed by atoms with van der Waals surface area (Å²) in [4.78, 5) is 28.5. The number of hydrogen-bond donors (Lipinski definition) is 3. The second-order valence-corrected chi connectivity index (χ2v) is 6.80. The monoisotopic (exact) mass is 352 g/mol. The Bertz CT molecular complexity index is 933. The van der Waals surface area contributed by atoms with Gasteiger partial charge in [0.05, 0.1) is 11.9 Å². The first-order chi connectivity index (χ1) is 12.4. The van der Waals surface area contributed by atoms with Crippen molar-refractivity contribution in [3.8, 4) is 11.8 Å². The molecule has 4 N–H and O–H groups in total. The topological polar surface area (TPSA) is 91.2 Å². The Morgan fingerprint density at radius 3 is 2.85 bits per heavy atom. The van der Waals surface area contributed by atoms with Crippen LogP contribution in [0.15, 0.2) is 12.1 Å². The number of benzene rings is 1. The molecule has 26 heavy (non-hydrogen) atoms. The molecule has 0 aliphatic carbocycles. The summed E-state index contributed by atoms with van der Waals surface area (Å²) in [6.07, 6.45) is 1.09. The van der Waals surface area contributed by atoms with Crippen LogP contribution in [-0.4, -0.2) is 40.8 Å². The van der Waals surface area contributed by atoms with Crippen LogP contribution in [0.5, 0.6) is 0 Å². The molecular formula is C20H24N4O2. The van der Waals surface area contributed by atoms with E-state index in [0.717, 1.165) is 39.8 Å². The minimum absolute atomic E-state index is 0.118. The van der Waals surface area contributed by atoms with Crippen molar-refractivity contribution < 1.29 is 9.59 Å². The van der Waals surface area contributed by atoms with E-state index in [-0.39, 0.29) is 24.3 Å². The molecule has 1 fully saturated rings. The minimum Gasteiger partial charge on any atom is -0.380 e. The lowest BCUT2D eigenvalue weighted by atomic mass is 10.0. The summed E-state index contributed by atoms with van der Waals surface area (Å²) < 4.78 is 0. The van der Waals surface area contributed by atoms with Crippen molar-refractivity contribution in [3.63, 3.8) is 0 Å². The average Bonchev–Trinajstić information content (AvgIpc) is 3.16. The van der Waals surface area contributed by atoms with Crippen molar-refractivity contribution in [2.45, 2.75) is 39.7 Å². The van der Waals surface area contributed by atoms with Crippen molar-refractivity contribution in [2.24, 2.45) is 5.73 Å². The van der Waals surface area contributed by atoms with Gasteiger partial charge in [0.1, 0.15) is 0 Å². The van der Waals surface area contributed by atoms with Crippen LogP contribution in [0.1, 0.15) is 30.2 Å². The molecule has 1 unspecified atom stereocenters. The summed E-state index contributed by atoms with van der Waals surface area (Å²) in [6.45, 7) is 7.10. The number of amides is 2. The van der Waals surface area contributed by atoms with Crippen molar-refractivity contribution in [2.75, 3.05) is 18.4 Å². The number of aryl methyl sites for hydroxylation is 2. The molecule has 0 saturated carbocycles. The Hall–Kier alpha value is -2.94. The predicted octanol–water partition coefficient (Wildman–Crippen LogP) is 1.85. The van der Waals surface area contributed by atoms with Crippen LogP contribution < -0.4 is 11.1 Å². The van der Waals surface area contributed by atoms with E-state index in [0.29, 0.717) is 13.1 Å². The summed E-state index contributed by atoms with van der Waals surface area (Å²) in [5.74, 6) is 4.80. The highest BCUT2D eigenvalue weighted by Gasteiger charge is 2.26. The van der Waals surface area contributed by atoms with Gasteiger partial charge in [-0.15, -0.1) is 0 Å². The van der Waals surface area contributed by atoms with E-state index in [9.17, 15) is 9.59 Å². The summed E-state index contributed by atoms with van der Waals surface area (Å²) in [5.41, 5.74) is 10.5. The Balaban J connectivity index is 1.88. The first kappa shape index (κ1) is 17.9. The van der Waals surface area contributed by atoms with Crippen molar-refractivity contribution in [3.05, 3.63) is 29.0 Å². The van der Waals surface area contributed by atoms with E-state index >= 15 is 0 Å². The maximum atomic E-state index is 11.9. The number of nitrogens with one attached hydrogen (secondary N) is 2. The third-order valence-corrected chi connectivity index (χ3v) is 4.97. The van der Waals surface area contributed by atoms with Crippen LogP contribution in [-0.2, 0) is 16.0 Å². The van der Waals surface area contributed by atoms with Crippen molar-refractivity contribution in [1.82, 2.24) is 9.88 Å². The largest absolute Gasteiger partial charge is 0.380 e. The zero-order chi connectivity index (χ0) is 18.8. The SMILES string of the molecule is CC#CC(=O)N1CCC(Nc2ccc(CC(N)=O)c3[nH]c(C)c(C)c23)C1. The summed E-state index contributed by atoms with van der Waals surface area (Å²) >= 11 is 0. The Kier molecular flexibility index (Phi) is 4.90. The third-order valence-electron chi connectivity index (χ3n) is 4.97. The molecule has 0 bridgehead atoms. The van der Waals surface area contributed by atoms with E-state index in [1.54, 1.807) is 11.8 Å². The second-order valence-electron chi connectivity index (χ2n) is 6.80. The molecular weight excluding hydrogens is 328 g/mol. The van der Waals surface area contributed by atoms with Gasteiger partial charge in [-0.2, -0.15) is 0 Å². The van der Waals surface area contributed by atoms with Crippen molar-refractivity contribution >= 4 is 28.4 Å². The molecule has 0 radical (unpaired) electrons. The fraction of sp³-hybridized carbons (Fsp3) is 0.400. The Morgan fingerprint density at radius 1 is 1.38 bits per heavy atom. The molecule has 2 heterocycles. The molecule has 2 amide bonds. The van der Waals surface area contributed by atoms with Gasteiger partial charge in [0.25, 0.3) is 5.91 Å². The number of carbonyl (C=O) groups is 2. The first-order valence-corrected chi connectivity index (χ1v) is 8.78. The van der Waals surface area contributed by atoms with Crippen LogP contribution in [0, 0.1) is 25.7 Å². The highest BCUT2D eigenvalue weighted by molar-refractivity contribution is 5.99. The number of hydrogen-bond acceptors (Lipinski definition) is 3. The summed E-state index contributed by atoms with van der Waals surface area (Å²) in [5, 5.41) is 4.65. The number of primary amides is 1. The Labute approximate surface area is 153 Å². The van der Waals surface area contributed by atoms with Crippen LogP contribution in [0.25, 0.3) is 10.9 Å². The van der Waals surface area contributed by atoms with Gasteiger partial charge < -0.3 is 20.9 Å². The number of rotatable bonds is 4. The molecule has 1 aromatic carbocycles. The molecule has 1 saturated heterocycles. The molecule has 6 heteroatoms. The van der Waals surface area contributed by atoms with Crippen LogP contribution in [0.4, 0.5) is 5.69 Å². The molecule has 1 atom stereocenters. The van der Waals surface area contributed by atoms with E-state index in [4.69, 9.17) is 5.73 Å². The van der Waals surface area contributed by atoms with E-state index in [1.807, 2.05) is 19.1 Å². The molecule has 0 spiro atoms. The Morgan fingerprint density at radius 2 is 2.15 bits per heavy atom. The van der Waals surface area contributed by atoms with Crippen LogP contribution >= 0.6 is 0 Å². The van der Waals surface area contributed by atoms with Gasteiger partial charge in [-0.1, -0.05) is 12.0 Å². The number of anilines is 1. The number of nitrogens with zero attached hydrogens (tertiary/aromatic N) is 1.